The molecule has 0 aliphatic carbocycles. The number of nitrogens with zero attached hydrogens (tertiary/aromatic N) is 4. The lowest BCUT2D eigenvalue weighted by Gasteiger charge is -2.44. The van der Waals surface area contributed by atoms with Crippen molar-refractivity contribution in [1.29, 1.82) is 0 Å². The van der Waals surface area contributed by atoms with Crippen molar-refractivity contribution in [3.8, 4) is 5.69 Å². The molecule has 12 aromatic carbocycles. The van der Waals surface area contributed by atoms with Crippen molar-refractivity contribution in [1.82, 2.24) is 4.57 Å². The van der Waals surface area contributed by atoms with Gasteiger partial charge in [-0.15, -0.1) is 0 Å². The van der Waals surface area contributed by atoms with Gasteiger partial charge in [-0.3, -0.25) is 0 Å². The van der Waals surface area contributed by atoms with Crippen LogP contribution in [0.5, 0.6) is 0 Å². The zero-order valence-electron chi connectivity index (χ0n) is 46.9. The summed E-state index contributed by atoms with van der Waals surface area (Å²) in [5.41, 5.74) is 21.5. The Balaban J connectivity index is 0.994. The van der Waals surface area contributed by atoms with Gasteiger partial charge in [-0.1, -0.05) is 187 Å². The van der Waals surface area contributed by atoms with Crippen LogP contribution in [0.4, 0.5) is 51.2 Å². The van der Waals surface area contributed by atoms with Crippen LogP contribution in [0.15, 0.2) is 253 Å². The summed E-state index contributed by atoms with van der Waals surface area (Å²) >= 11 is 0. The van der Waals surface area contributed by atoms with Crippen LogP contribution in [-0.4, -0.2) is 11.3 Å². The summed E-state index contributed by atoms with van der Waals surface area (Å²) in [5.74, 6) is 0. The Labute approximate surface area is 478 Å². The van der Waals surface area contributed by atoms with Crippen molar-refractivity contribution in [3.63, 3.8) is 0 Å². The van der Waals surface area contributed by atoms with Crippen LogP contribution in [0.2, 0.25) is 0 Å². The molecule has 82 heavy (non-hydrogen) atoms. The van der Waals surface area contributed by atoms with E-state index in [1.165, 1.54) is 82.2 Å². The number of para-hydroxylation sites is 4. The molecule has 4 heterocycles. The molecule has 0 radical (unpaired) electrons. The fraction of sp³-hybridized carbons (Fsp3) is 0.105. The largest absolute Gasteiger partial charge is 0.454 e. The summed E-state index contributed by atoms with van der Waals surface area (Å²) in [7, 11) is 0. The molecule has 0 atom stereocenters. The van der Waals surface area contributed by atoms with Gasteiger partial charge in [-0.25, -0.2) is 0 Å². The van der Waals surface area contributed by atoms with Crippen molar-refractivity contribution in [2.24, 2.45) is 0 Å². The van der Waals surface area contributed by atoms with Crippen LogP contribution < -0.4 is 31.1 Å². The van der Waals surface area contributed by atoms with Gasteiger partial charge in [0.2, 0.25) is 0 Å². The Morgan fingerprint density at radius 1 is 0.366 bits per heavy atom. The standard InChI is InChI=1S/C76H59BN4O/c1-75(2,3)50-33-38-53(39-34-50)80-66-26-17-27-67-73(66)77(64-47-69-62(46-71(64)81(67)54-40-35-51(36-41-54)76(4,5)6)58-22-12-14-25-65(58)79(69)52-19-8-7-9-20-52)63-43-42-56(45-70(63)80)78(68-28-16-24-60-59-23-13-15-29-72(59)82-74(60)68)55-37-32-49-31-30-48-18-10-11-21-57(48)61(49)44-55/h7-47H,1-6H3. The van der Waals surface area contributed by atoms with Crippen LogP contribution in [0.25, 0.3) is 71.0 Å². The highest BCUT2D eigenvalue weighted by atomic mass is 16.3. The molecule has 2 aromatic heterocycles. The number of fused-ring (bicyclic) bond motifs is 13. The number of furan rings is 1. The summed E-state index contributed by atoms with van der Waals surface area (Å²) in [6.07, 6.45) is 0. The maximum Gasteiger partial charge on any atom is 0.252 e. The van der Waals surface area contributed by atoms with E-state index in [-0.39, 0.29) is 17.5 Å². The zero-order valence-corrected chi connectivity index (χ0v) is 46.9. The van der Waals surface area contributed by atoms with Crippen LogP contribution in [0, 0.1) is 0 Å². The lowest BCUT2D eigenvalue weighted by atomic mass is 9.33. The maximum atomic E-state index is 6.96. The minimum Gasteiger partial charge on any atom is -0.454 e. The smallest absolute Gasteiger partial charge is 0.252 e. The molecule has 16 rings (SSSR count). The van der Waals surface area contributed by atoms with Crippen molar-refractivity contribution in [2.75, 3.05) is 14.7 Å². The first-order chi connectivity index (χ1) is 39.9. The second-order valence-electron chi connectivity index (χ2n) is 24.5. The molecule has 0 fully saturated rings. The highest BCUT2D eigenvalue weighted by Gasteiger charge is 2.44. The van der Waals surface area contributed by atoms with Crippen LogP contribution in [0.3, 0.4) is 0 Å². The molecule has 392 valence electrons. The Morgan fingerprint density at radius 2 is 0.927 bits per heavy atom. The summed E-state index contributed by atoms with van der Waals surface area (Å²) in [4.78, 5) is 7.52. The Hall–Kier alpha value is -9.78. The molecule has 0 amide bonds. The third-order valence-electron chi connectivity index (χ3n) is 17.6. The first-order valence-electron chi connectivity index (χ1n) is 28.8. The van der Waals surface area contributed by atoms with Gasteiger partial charge in [-0.05, 0) is 163 Å². The van der Waals surface area contributed by atoms with Gasteiger partial charge < -0.3 is 23.7 Å². The Morgan fingerprint density at radius 3 is 1.63 bits per heavy atom. The molecule has 0 saturated carbocycles. The van der Waals surface area contributed by atoms with Crippen molar-refractivity contribution >= 4 is 140 Å². The third kappa shape index (κ3) is 7.33. The van der Waals surface area contributed by atoms with Crippen LogP contribution in [0.1, 0.15) is 52.7 Å². The van der Waals surface area contributed by atoms with E-state index in [9.17, 15) is 0 Å². The summed E-state index contributed by atoms with van der Waals surface area (Å²) < 4.78 is 9.42. The SMILES string of the molecule is CC(C)(C)c1ccc(N2c3cc(N(c4ccc5ccc6ccccc6c5c4)c4cccc5c4oc4ccccc45)ccc3B3c4cc5c(cc4N(c4ccc(C(C)(C)C)cc4)c4cccc2c43)c2ccccc2n5-c2ccccc2)cc1. The summed E-state index contributed by atoms with van der Waals surface area (Å²) in [5, 5.41) is 9.47. The number of aromatic nitrogens is 1. The van der Waals surface area contributed by atoms with E-state index in [4.69, 9.17) is 4.42 Å². The molecule has 14 aromatic rings. The fourth-order valence-corrected chi connectivity index (χ4v) is 13.6. The summed E-state index contributed by atoms with van der Waals surface area (Å²) in [6.45, 7) is 13.6. The molecule has 6 heteroatoms. The van der Waals surface area contributed by atoms with E-state index in [0.717, 1.165) is 67.4 Å². The molecule has 5 nitrogen and oxygen atoms in total. The predicted molar refractivity (Wildman–Crippen MR) is 349 cm³/mol. The molecular weight excluding hydrogens is 996 g/mol. The van der Waals surface area contributed by atoms with Gasteiger partial charge >= 0.3 is 0 Å². The molecule has 0 saturated heterocycles. The monoisotopic (exact) mass is 1050 g/mol. The molecule has 0 bridgehead atoms. The molecule has 0 unspecified atom stereocenters. The Kier molecular flexibility index (Phi) is 10.5. The van der Waals surface area contributed by atoms with E-state index in [2.05, 4.69) is 310 Å². The van der Waals surface area contributed by atoms with Gasteiger partial charge in [0.25, 0.3) is 6.71 Å². The number of hydrogen-bond acceptors (Lipinski definition) is 4. The number of rotatable bonds is 6. The quantitative estimate of drug-likeness (QED) is 0.123. The van der Waals surface area contributed by atoms with E-state index in [1.807, 2.05) is 0 Å². The fourth-order valence-electron chi connectivity index (χ4n) is 13.6. The Bertz CT molecular complexity index is 4910. The predicted octanol–water partition coefficient (Wildman–Crippen LogP) is 19.1. The average molecular weight is 1060 g/mol. The van der Waals surface area contributed by atoms with Gasteiger partial charge in [0.05, 0.1) is 16.7 Å². The number of benzene rings is 12. The van der Waals surface area contributed by atoms with E-state index in [1.54, 1.807) is 0 Å². The van der Waals surface area contributed by atoms with Gasteiger partial charge in [0, 0.05) is 72.7 Å². The van der Waals surface area contributed by atoms with Crippen LogP contribution >= 0.6 is 0 Å². The molecular formula is C76H59BN4O. The van der Waals surface area contributed by atoms with E-state index < -0.39 is 0 Å². The number of anilines is 9. The second kappa shape index (κ2) is 17.9. The van der Waals surface area contributed by atoms with E-state index in [0.29, 0.717) is 0 Å². The zero-order chi connectivity index (χ0) is 55.2. The van der Waals surface area contributed by atoms with E-state index >= 15 is 0 Å². The topological polar surface area (TPSA) is 27.8 Å². The minimum atomic E-state index is -0.133. The van der Waals surface area contributed by atoms with Crippen molar-refractivity contribution < 1.29 is 4.42 Å². The third-order valence-corrected chi connectivity index (χ3v) is 17.6. The maximum absolute atomic E-state index is 6.96. The molecule has 0 spiro atoms. The average Bonchev–Trinajstić information content (AvgIpc) is 1.34. The molecule has 2 aliphatic rings. The second-order valence-corrected chi connectivity index (χ2v) is 24.5. The summed E-state index contributed by atoms with van der Waals surface area (Å²) in [6, 6.07) is 92.8. The highest BCUT2D eigenvalue weighted by molar-refractivity contribution is 7.00. The molecule has 2 aliphatic heterocycles. The van der Waals surface area contributed by atoms with Crippen molar-refractivity contribution in [2.45, 2.75) is 52.4 Å². The van der Waals surface area contributed by atoms with Gasteiger partial charge in [-0.2, -0.15) is 0 Å². The minimum absolute atomic E-state index is 0.00319. The molecule has 0 N–H and O–H groups in total. The number of hydrogen-bond donors (Lipinski definition) is 0. The first kappa shape index (κ1) is 48.2. The van der Waals surface area contributed by atoms with Gasteiger partial charge in [0.1, 0.15) is 5.58 Å². The lowest BCUT2D eigenvalue weighted by Crippen LogP contribution is -2.61. The van der Waals surface area contributed by atoms with Crippen molar-refractivity contribution in [3.05, 3.63) is 260 Å². The van der Waals surface area contributed by atoms with Gasteiger partial charge in [0.15, 0.2) is 5.58 Å². The first-order valence-corrected chi connectivity index (χ1v) is 28.8. The van der Waals surface area contributed by atoms with Crippen LogP contribution in [-0.2, 0) is 10.8 Å². The normalized spacial score (nSPS) is 13.2. The lowest BCUT2D eigenvalue weighted by molar-refractivity contribution is 0.590. The highest BCUT2D eigenvalue weighted by Crippen LogP contribution is 2.49.